The first-order valence-electron chi connectivity index (χ1n) is 7.38. The predicted octanol–water partition coefficient (Wildman–Crippen LogP) is 3.71. The maximum absolute atomic E-state index is 12.7. The summed E-state index contributed by atoms with van der Waals surface area (Å²) in [5.41, 5.74) is 2.50. The van der Waals surface area contributed by atoms with Gasteiger partial charge in [-0.05, 0) is 35.9 Å². The number of methoxy groups -OCH3 is 1. The predicted molar refractivity (Wildman–Crippen MR) is 89.1 cm³/mol. The molecule has 0 atom stereocenters. The van der Waals surface area contributed by atoms with Crippen LogP contribution in [-0.2, 0) is 6.54 Å². The minimum atomic E-state index is -0.0352. The van der Waals surface area contributed by atoms with Crippen LogP contribution < -0.4 is 9.64 Å². The number of carbonyl (C=O) groups excluding carboxylic acids is 1. The van der Waals surface area contributed by atoms with E-state index in [1.54, 1.807) is 30.2 Å². The van der Waals surface area contributed by atoms with E-state index in [9.17, 15) is 9.90 Å². The number of ether oxygens (including phenoxy) is 1. The van der Waals surface area contributed by atoms with E-state index in [4.69, 9.17) is 4.74 Å². The Morgan fingerprint density at radius 1 is 1.04 bits per heavy atom. The van der Waals surface area contributed by atoms with Crippen molar-refractivity contribution in [3.8, 4) is 11.5 Å². The summed E-state index contributed by atoms with van der Waals surface area (Å²) in [5, 5.41) is 11.6. The normalized spacial score (nSPS) is 12.9. The Labute approximate surface area is 133 Å². The summed E-state index contributed by atoms with van der Waals surface area (Å²) >= 11 is 0. The topological polar surface area (TPSA) is 49.8 Å². The van der Waals surface area contributed by atoms with Gasteiger partial charge in [-0.1, -0.05) is 24.3 Å². The second kappa shape index (κ2) is 5.02. The minimum Gasteiger partial charge on any atom is -0.507 e. The summed E-state index contributed by atoms with van der Waals surface area (Å²) in [6, 6.07) is 16.6. The number of phenols is 1. The van der Waals surface area contributed by atoms with E-state index in [0.29, 0.717) is 17.5 Å². The lowest BCUT2D eigenvalue weighted by molar-refractivity contribution is 0.0991. The van der Waals surface area contributed by atoms with E-state index < -0.39 is 0 Å². The number of benzene rings is 3. The van der Waals surface area contributed by atoms with Crippen molar-refractivity contribution in [1.29, 1.82) is 0 Å². The summed E-state index contributed by atoms with van der Waals surface area (Å²) in [4.78, 5) is 14.5. The van der Waals surface area contributed by atoms with Crippen LogP contribution >= 0.6 is 0 Å². The standard InChI is InChI=1S/C19H15NO3/c1-23-13-7-5-12(6-8-13)11-20-16-9-10-17(21)14-3-2-4-15(18(14)16)19(20)22/h2-10,21H,11H2,1H3. The van der Waals surface area contributed by atoms with Crippen molar-refractivity contribution in [3.05, 3.63) is 65.7 Å². The zero-order valence-electron chi connectivity index (χ0n) is 12.6. The maximum Gasteiger partial charge on any atom is 0.259 e. The Morgan fingerprint density at radius 2 is 1.83 bits per heavy atom. The van der Waals surface area contributed by atoms with Gasteiger partial charge in [0.25, 0.3) is 5.91 Å². The molecule has 4 heteroatoms. The smallest absolute Gasteiger partial charge is 0.259 e. The van der Waals surface area contributed by atoms with E-state index >= 15 is 0 Å². The monoisotopic (exact) mass is 305 g/mol. The number of anilines is 1. The number of hydrogen-bond donors (Lipinski definition) is 1. The van der Waals surface area contributed by atoms with Gasteiger partial charge in [0, 0.05) is 16.3 Å². The van der Waals surface area contributed by atoms with Gasteiger partial charge in [-0.2, -0.15) is 0 Å². The molecule has 1 aliphatic heterocycles. The van der Waals surface area contributed by atoms with Crippen molar-refractivity contribution in [1.82, 2.24) is 0 Å². The molecule has 0 unspecified atom stereocenters. The molecule has 0 aliphatic carbocycles. The van der Waals surface area contributed by atoms with E-state index in [-0.39, 0.29) is 11.7 Å². The Balaban J connectivity index is 1.77. The molecule has 4 nitrogen and oxygen atoms in total. The highest BCUT2D eigenvalue weighted by atomic mass is 16.5. The number of phenolic OH excluding ortho intramolecular Hbond substituents is 1. The molecule has 0 fully saturated rings. The van der Waals surface area contributed by atoms with Crippen LogP contribution in [0, 0.1) is 0 Å². The van der Waals surface area contributed by atoms with Crippen LogP contribution in [-0.4, -0.2) is 18.1 Å². The molecule has 0 saturated carbocycles. The number of rotatable bonds is 3. The second-order valence-corrected chi connectivity index (χ2v) is 5.57. The van der Waals surface area contributed by atoms with Crippen molar-refractivity contribution in [3.63, 3.8) is 0 Å². The summed E-state index contributed by atoms with van der Waals surface area (Å²) in [6.07, 6.45) is 0. The number of amides is 1. The van der Waals surface area contributed by atoms with Crippen LogP contribution in [0.15, 0.2) is 54.6 Å². The van der Waals surface area contributed by atoms with Crippen LogP contribution in [0.3, 0.4) is 0 Å². The fourth-order valence-corrected chi connectivity index (χ4v) is 3.10. The molecule has 0 saturated heterocycles. The molecule has 1 aliphatic rings. The molecule has 1 amide bonds. The molecule has 3 aromatic carbocycles. The number of nitrogens with zero attached hydrogens (tertiary/aromatic N) is 1. The summed E-state index contributed by atoms with van der Waals surface area (Å²) in [5.74, 6) is 0.952. The van der Waals surface area contributed by atoms with Gasteiger partial charge >= 0.3 is 0 Å². The van der Waals surface area contributed by atoms with E-state index in [1.807, 2.05) is 36.4 Å². The van der Waals surface area contributed by atoms with Gasteiger partial charge in [0.15, 0.2) is 0 Å². The number of aromatic hydroxyl groups is 1. The first kappa shape index (κ1) is 13.6. The van der Waals surface area contributed by atoms with Crippen molar-refractivity contribution in [2.75, 3.05) is 12.0 Å². The number of hydrogen-bond acceptors (Lipinski definition) is 3. The largest absolute Gasteiger partial charge is 0.507 e. The van der Waals surface area contributed by atoms with Crippen molar-refractivity contribution in [2.24, 2.45) is 0 Å². The Kier molecular flexibility index (Phi) is 2.98. The maximum atomic E-state index is 12.7. The van der Waals surface area contributed by atoms with Crippen molar-refractivity contribution in [2.45, 2.75) is 6.54 Å². The van der Waals surface area contributed by atoms with Gasteiger partial charge in [-0.25, -0.2) is 0 Å². The van der Waals surface area contributed by atoms with E-state index in [2.05, 4.69) is 0 Å². The highest BCUT2D eigenvalue weighted by Gasteiger charge is 2.30. The highest BCUT2D eigenvalue weighted by molar-refractivity contribution is 6.25. The molecule has 0 bridgehead atoms. The lowest BCUT2D eigenvalue weighted by Gasteiger charge is -2.18. The minimum absolute atomic E-state index is 0.0352. The molecular formula is C19H15NO3. The second-order valence-electron chi connectivity index (χ2n) is 5.57. The first-order valence-corrected chi connectivity index (χ1v) is 7.38. The zero-order valence-corrected chi connectivity index (χ0v) is 12.6. The molecule has 4 rings (SSSR count). The van der Waals surface area contributed by atoms with E-state index in [0.717, 1.165) is 22.4 Å². The molecular weight excluding hydrogens is 290 g/mol. The Morgan fingerprint density at radius 3 is 2.57 bits per heavy atom. The Hall–Kier alpha value is -3.01. The van der Waals surface area contributed by atoms with Crippen molar-refractivity contribution < 1.29 is 14.6 Å². The Bertz CT molecular complexity index is 916. The molecule has 0 radical (unpaired) electrons. The van der Waals surface area contributed by atoms with Crippen LogP contribution in [0.5, 0.6) is 11.5 Å². The molecule has 0 aromatic heterocycles. The summed E-state index contributed by atoms with van der Waals surface area (Å²) in [7, 11) is 1.63. The van der Waals surface area contributed by atoms with Gasteiger partial charge in [0.05, 0.1) is 19.3 Å². The lowest BCUT2D eigenvalue weighted by atomic mass is 10.0. The number of carbonyl (C=O) groups is 1. The molecule has 1 N–H and O–H groups in total. The van der Waals surface area contributed by atoms with Gasteiger partial charge in [-0.3, -0.25) is 4.79 Å². The molecule has 114 valence electrons. The third kappa shape index (κ3) is 2.03. The van der Waals surface area contributed by atoms with Crippen LogP contribution in [0.1, 0.15) is 15.9 Å². The SMILES string of the molecule is COc1ccc(CN2C(=O)c3cccc4c(O)ccc2c34)cc1. The van der Waals surface area contributed by atoms with Crippen LogP contribution in [0.25, 0.3) is 10.8 Å². The molecule has 23 heavy (non-hydrogen) atoms. The van der Waals surface area contributed by atoms with Crippen LogP contribution in [0.4, 0.5) is 5.69 Å². The van der Waals surface area contributed by atoms with Gasteiger partial charge in [0.2, 0.25) is 0 Å². The summed E-state index contributed by atoms with van der Waals surface area (Å²) < 4.78 is 5.16. The summed E-state index contributed by atoms with van der Waals surface area (Å²) in [6.45, 7) is 0.484. The molecule has 3 aromatic rings. The fourth-order valence-electron chi connectivity index (χ4n) is 3.10. The average Bonchev–Trinajstić information content (AvgIpc) is 2.86. The zero-order chi connectivity index (χ0) is 16.0. The third-order valence-electron chi connectivity index (χ3n) is 4.26. The average molecular weight is 305 g/mol. The van der Waals surface area contributed by atoms with E-state index in [1.165, 1.54) is 0 Å². The van der Waals surface area contributed by atoms with Gasteiger partial charge in [0.1, 0.15) is 11.5 Å². The van der Waals surface area contributed by atoms with Gasteiger partial charge in [-0.15, -0.1) is 0 Å². The third-order valence-corrected chi connectivity index (χ3v) is 4.26. The molecule has 1 heterocycles. The van der Waals surface area contributed by atoms with Crippen molar-refractivity contribution >= 4 is 22.4 Å². The molecule has 0 spiro atoms. The van der Waals surface area contributed by atoms with Gasteiger partial charge < -0.3 is 14.7 Å². The lowest BCUT2D eigenvalue weighted by Crippen LogP contribution is -2.25. The highest BCUT2D eigenvalue weighted by Crippen LogP contribution is 2.41. The fraction of sp³-hybridized carbons (Fsp3) is 0.105. The van der Waals surface area contributed by atoms with Crippen LogP contribution in [0.2, 0.25) is 0 Å². The quantitative estimate of drug-likeness (QED) is 0.802. The first-order chi connectivity index (χ1) is 11.2.